The van der Waals surface area contributed by atoms with Crippen LogP contribution in [0.3, 0.4) is 0 Å². The van der Waals surface area contributed by atoms with E-state index in [0.29, 0.717) is 0 Å². The molecule has 2 atom stereocenters. The number of nitrogens with two attached hydrogens (primary N) is 2. The number of rotatable bonds is 8. The van der Waals surface area contributed by atoms with Gasteiger partial charge in [-0.25, -0.2) is 0 Å². The van der Waals surface area contributed by atoms with Crippen molar-refractivity contribution in [3.63, 3.8) is 0 Å². The van der Waals surface area contributed by atoms with Gasteiger partial charge in [-0.2, -0.15) is 0 Å². The summed E-state index contributed by atoms with van der Waals surface area (Å²) in [5, 5.41) is 35.9. The van der Waals surface area contributed by atoms with Crippen molar-refractivity contribution in [3.05, 3.63) is 0 Å². The summed E-state index contributed by atoms with van der Waals surface area (Å²) in [6.45, 7) is 0. The summed E-state index contributed by atoms with van der Waals surface area (Å²) >= 11 is 0. The van der Waals surface area contributed by atoms with E-state index in [1.165, 1.54) is 0 Å². The van der Waals surface area contributed by atoms with Crippen LogP contribution in [0.5, 0.6) is 0 Å². The summed E-state index contributed by atoms with van der Waals surface area (Å²) in [7, 11) is 0. The van der Waals surface area contributed by atoms with Gasteiger partial charge in [-0.1, -0.05) is 0 Å². The quantitative estimate of drug-likeness (QED) is 0.246. The van der Waals surface area contributed by atoms with Gasteiger partial charge in [0.05, 0.1) is 11.9 Å². The number of carboxylic acid groups (broad SMARTS) is 4. The molecule has 13 heteroatoms. The van der Waals surface area contributed by atoms with E-state index >= 15 is 0 Å². The molecule has 0 spiro atoms. The maximum Gasteiger partial charge on any atom is 2.00 e. The van der Waals surface area contributed by atoms with E-state index in [-0.39, 0.29) is 85.5 Å². The molecule has 0 aliphatic heterocycles. The zero-order chi connectivity index (χ0) is 16.3. The van der Waals surface area contributed by atoms with Crippen LogP contribution >= 0.6 is 0 Å². The third-order valence-corrected chi connectivity index (χ3v) is 1.94. The van der Waals surface area contributed by atoms with Crippen molar-refractivity contribution in [2.45, 2.75) is 37.8 Å². The molecule has 0 aromatic carbocycles. The second-order valence-electron chi connectivity index (χ2n) is 3.72. The van der Waals surface area contributed by atoms with Crippen LogP contribution in [0, 0.1) is 0 Å². The molecule has 0 rings (SSSR count). The summed E-state index contributed by atoms with van der Waals surface area (Å²) in [4.78, 5) is 39.5. The number of hydrogen-bond acceptors (Lipinski definition) is 8. The number of carbonyl (C=O) groups is 4. The SMILES string of the molecule is N[C@@H](CCC(=O)O)C(=O)[O-].N[C@@H](CCC(=O)O)C(=O)[O-].O.O.[Ba+2]. The monoisotopic (exact) mass is 466 g/mol. The Bertz CT molecular complexity index is 332. The van der Waals surface area contributed by atoms with Gasteiger partial charge in [-0.05, 0) is 12.8 Å². The first-order chi connectivity index (χ1) is 9.07. The maximum absolute atomic E-state index is 9.88. The predicted octanol–water partition coefficient (Wildman–Crippen LogP) is -6.17. The predicted molar refractivity (Wildman–Crippen MR) is 72.7 cm³/mol. The number of carbonyl (C=O) groups excluding carboxylic acids is 2. The van der Waals surface area contributed by atoms with E-state index in [1.807, 2.05) is 0 Å². The molecule has 0 saturated heterocycles. The molecular formula is C10H20BaN2O10. The summed E-state index contributed by atoms with van der Waals surface area (Å²) in [6.07, 6.45) is -0.653. The van der Waals surface area contributed by atoms with Crippen molar-refractivity contribution in [3.8, 4) is 0 Å². The molecule has 12 nitrogen and oxygen atoms in total. The van der Waals surface area contributed by atoms with Gasteiger partial charge in [0.1, 0.15) is 0 Å². The molecule has 10 N–H and O–H groups in total. The van der Waals surface area contributed by atoms with E-state index in [9.17, 15) is 29.4 Å². The molecule has 0 radical (unpaired) electrons. The van der Waals surface area contributed by atoms with E-state index in [0.717, 1.165) is 0 Å². The van der Waals surface area contributed by atoms with Gasteiger partial charge in [0.2, 0.25) is 0 Å². The molecule has 0 aromatic rings. The normalized spacial score (nSPS) is 10.9. The number of carboxylic acids is 4. The standard InChI is InChI=1S/2C5H9NO4.Ba.2H2O/c2*6-3(5(9)10)1-2-4(7)8;;;/h2*3H,1-2,6H2,(H,7,8)(H,9,10);;2*1H2/q;;+2;;/p-2/t2*3-;;;/m00.../s1. The van der Waals surface area contributed by atoms with Crippen molar-refractivity contribution in [1.82, 2.24) is 0 Å². The first-order valence-corrected chi connectivity index (χ1v) is 5.44. The molecule has 0 aliphatic carbocycles. The Morgan fingerprint density at radius 1 is 0.783 bits per heavy atom. The average molecular weight is 466 g/mol. The van der Waals surface area contributed by atoms with Crippen LogP contribution < -0.4 is 21.7 Å². The van der Waals surface area contributed by atoms with Gasteiger partial charge in [-0.15, -0.1) is 0 Å². The summed E-state index contributed by atoms with van der Waals surface area (Å²) in [6, 6.07) is -2.34. The van der Waals surface area contributed by atoms with E-state index < -0.39 is 36.0 Å². The fraction of sp³-hybridized carbons (Fsp3) is 0.600. The summed E-state index contributed by atoms with van der Waals surface area (Å²) in [5.41, 5.74) is 9.88. The second kappa shape index (κ2) is 19.3. The Morgan fingerprint density at radius 2 is 1.00 bits per heavy atom. The minimum absolute atomic E-state index is 0. The average Bonchev–Trinajstić information content (AvgIpc) is 2.33. The second-order valence-corrected chi connectivity index (χ2v) is 3.72. The van der Waals surface area contributed by atoms with Gasteiger partial charge in [-0.3, -0.25) is 9.59 Å². The van der Waals surface area contributed by atoms with Gasteiger partial charge in [0.15, 0.2) is 0 Å². The molecule has 0 aliphatic rings. The topological polar surface area (TPSA) is 270 Å². The van der Waals surface area contributed by atoms with Crippen LogP contribution in [-0.4, -0.2) is 106 Å². The van der Waals surface area contributed by atoms with Crippen molar-refractivity contribution in [2.75, 3.05) is 0 Å². The molecule has 23 heavy (non-hydrogen) atoms. The van der Waals surface area contributed by atoms with E-state index in [1.54, 1.807) is 0 Å². The van der Waals surface area contributed by atoms with Crippen molar-refractivity contribution >= 4 is 72.8 Å². The fourth-order valence-corrected chi connectivity index (χ4v) is 0.794. The Kier molecular flexibility index (Phi) is 28.4. The molecule has 0 aromatic heterocycles. The third-order valence-electron chi connectivity index (χ3n) is 1.94. The maximum atomic E-state index is 9.88. The Hall–Kier alpha value is -0.709. The largest absolute Gasteiger partial charge is 2.00 e. The van der Waals surface area contributed by atoms with E-state index in [4.69, 9.17) is 21.7 Å². The van der Waals surface area contributed by atoms with Crippen molar-refractivity contribution < 1.29 is 50.6 Å². The molecule has 0 amide bonds. The minimum Gasteiger partial charge on any atom is -0.548 e. The van der Waals surface area contributed by atoms with Gasteiger partial charge in [0, 0.05) is 24.9 Å². The molecule has 0 unspecified atom stereocenters. The molecule has 0 fully saturated rings. The van der Waals surface area contributed by atoms with Crippen molar-refractivity contribution in [2.24, 2.45) is 11.5 Å². The molecule has 132 valence electrons. The molecule has 0 heterocycles. The zero-order valence-electron chi connectivity index (χ0n) is 12.2. The minimum atomic E-state index is -1.42. The molecule has 0 saturated carbocycles. The Balaban J connectivity index is -0.0000000831. The first kappa shape index (κ1) is 33.8. The number of hydrogen-bond donors (Lipinski definition) is 4. The van der Waals surface area contributed by atoms with Crippen LogP contribution in [0.15, 0.2) is 0 Å². The van der Waals surface area contributed by atoms with Crippen LogP contribution in [0.4, 0.5) is 0 Å². The van der Waals surface area contributed by atoms with Crippen LogP contribution in [0.25, 0.3) is 0 Å². The third kappa shape index (κ3) is 26.5. The summed E-state index contributed by atoms with van der Waals surface area (Å²) < 4.78 is 0. The van der Waals surface area contributed by atoms with Crippen molar-refractivity contribution in [1.29, 1.82) is 0 Å². The summed E-state index contributed by atoms with van der Waals surface area (Å²) in [5.74, 6) is -4.95. The molecular weight excluding hydrogens is 445 g/mol. The first-order valence-electron chi connectivity index (χ1n) is 5.44. The van der Waals surface area contributed by atoms with Crippen LogP contribution in [-0.2, 0) is 19.2 Å². The Morgan fingerprint density at radius 3 is 1.13 bits per heavy atom. The Labute approximate surface area is 171 Å². The van der Waals surface area contributed by atoms with Crippen LogP contribution in [0.2, 0.25) is 0 Å². The van der Waals surface area contributed by atoms with Gasteiger partial charge < -0.3 is 52.4 Å². The number of aliphatic carboxylic acids is 4. The molecule has 0 bridgehead atoms. The zero-order valence-corrected chi connectivity index (χ0v) is 16.6. The fourth-order valence-electron chi connectivity index (χ4n) is 0.794. The van der Waals surface area contributed by atoms with Crippen LogP contribution in [0.1, 0.15) is 25.7 Å². The smallest absolute Gasteiger partial charge is 0.548 e. The van der Waals surface area contributed by atoms with E-state index in [2.05, 4.69) is 0 Å². The van der Waals surface area contributed by atoms with Gasteiger partial charge in [0.25, 0.3) is 0 Å². The van der Waals surface area contributed by atoms with Gasteiger partial charge >= 0.3 is 60.8 Å².